The number of hydrogen-bond donors (Lipinski definition) is 1. The molecule has 0 atom stereocenters. The van der Waals surface area contributed by atoms with Gasteiger partial charge >= 0.3 is 0 Å². The smallest absolute Gasteiger partial charge is 0.291 e. The third kappa shape index (κ3) is 3.77. The zero-order chi connectivity index (χ0) is 18.8. The fourth-order valence-corrected chi connectivity index (χ4v) is 2.64. The monoisotopic (exact) mass is 425 g/mol. The first kappa shape index (κ1) is 18.1. The first-order chi connectivity index (χ1) is 12.3. The number of halogens is 3. The van der Waals surface area contributed by atoms with Crippen LogP contribution in [0.25, 0.3) is 0 Å². The largest absolute Gasteiger partial charge is 0.468 e. The van der Waals surface area contributed by atoms with E-state index in [1.807, 2.05) is 0 Å². The molecule has 0 aliphatic heterocycles. The van der Waals surface area contributed by atoms with Crippen molar-refractivity contribution >= 4 is 27.5 Å². The van der Waals surface area contributed by atoms with Crippen LogP contribution < -0.4 is 10.1 Å². The molecule has 136 valence electrons. The predicted octanol–water partition coefficient (Wildman–Crippen LogP) is 4.42. The highest BCUT2D eigenvalue weighted by Gasteiger charge is 2.18. The summed E-state index contributed by atoms with van der Waals surface area (Å²) in [5, 5.41) is 6.99. The number of rotatable bonds is 5. The van der Waals surface area contributed by atoms with E-state index in [2.05, 4.69) is 26.3 Å². The molecule has 0 aliphatic carbocycles. The number of carbonyl (C=O) groups is 1. The van der Waals surface area contributed by atoms with Gasteiger partial charge in [-0.15, -0.1) is 0 Å². The molecule has 3 aromatic rings. The number of carbonyl (C=O) groups excluding carboxylic acids is 1. The number of ether oxygens (including phenoxy) is 1. The van der Waals surface area contributed by atoms with Gasteiger partial charge in [-0.2, -0.15) is 5.10 Å². The topological polar surface area (TPSA) is 69.3 Å². The summed E-state index contributed by atoms with van der Waals surface area (Å²) in [5.41, 5.74) is 1.68. The molecule has 0 bridgehead atoms. The lowest BCUT2D eigenvalue weighted by atomic mass is 10.3. The van der Waals surface area contributed by atoms with Crippen molar-refractivity contribution in [2.45, 2.75) is 20.6 Å². The average molecular weight is 426 g/mol. The van der Waals surface area contributed by atoms with Gasteiger partial charge in [0.1, 0.15) is 5.82 Å². The Morgan fingerprint density at radius 1 is 1.31 bits per heavy atom. The van der Waals surface area contributed by atoms with Crippen LogP contribution in [0.4, 0.5) is 14.5 Å². The van der Waals surface area contributed by atoms with E-state index in [4.69, 9.17) is 9.15 Å². The molecule has 2 heterocycles. The molecule has 6 nitrogen and oxygen atoms in total. The van der Waals surface area contributed by atoms with Crippen molar-refractivity contribution in [2.75, 3.05) is 5.32 Å². The minimum Gasteiger partial charge on any atom is -0.468 e. The molecule has 0 aliphatic rings. The molecule has 1 amide bonds. The van der Waals surface area contributed by atoms with E-state index < -0.39 is 17.5 Å². The van der Waals surface area contributed by atoms with Gasteiger partial charge < -0.3 is 14.5 Å². The van der Waals surface area contributed by atoms with Crippen LogP contribution in [0.5, 0.6) is 5.75 Å². The van der Waals surface area contributed by atoms with Crippen LogP contribution in [0.2, 0.25) is 0 Å². The van der Waals surface area contributed by atoms with E-state index in [-0.39, 0.29) is 18.2 Å². The molecule has 2 aromatic heterocycles. The Kier molecular flexibility index (Phi) is 5.08. The second-order valence-electron chi connectivity index (χ2n) is 5.45. The number of aromatic nitrogens is 2. The zero-order valence-corrected chi connectivity index (χ0v) is 15.4. The number of benzene rings is 1. The maximum atomic E-state index is 13.6. The van der Waals surface area contributed by atoms with Crippen LogP contribution in [0.1, 0.15) is 21.9 Å². The van der Waals surface area contributed by atoms with Crippen molar-refractivity contribution in [1.29, 1.82) is 0 Å². The van der Waals surface area contributed by atoms with E-state index in [9.17, 15) is 13.6 Å². The van der Waals surface area contributed by atoms with Crippen LogP contribution in [0, 0.1) is 25.5 Å². The molecule has 1 aromatic carbocycles. The van der Waals surface area contributed by atoms with E-state index in [0.717, 1.165) is 12.1 Å². The number of furan rings is 1. The van der Waals surface area contributed by atoms with Gasteiger partial charge in [0.25, 0.3) is 5.91 Å². The molecule has 0 radical (unpaired) electrons. The summed E-state index contributed by atoms with van der Waals surface area (Å²) in [4.78, 5) is 12.2. The molecule has 0 fully saturated rings. The standard InChI is InChI=1S/C17H14BrF2N3O3/c1-9-16(21-17(24)14-5-6-15(18)26-14)10(2)23(22-9)8-25-13-4-3-11(19)7-12(13)20/h3-7H,8H2,1-2H3,(H,21,24). The SMILES string of the molecule is Cc1nn(COc2ccc(F)cc2F)c(C)c1NC(=O)c1ccc(Br)o1. The van der Waals surface area contributed by atoms with E-state index >= 15 is 0 Å². The van der Waals surface area contributed by atoms with E-state index in [1.54, 1.807) is 19.9 Å². The fourth-order valence-electron chi connectivity index (χ4n) is 2.34. The summed E-state index contributed by atoms with van der Waals surface area (Å²) < 4.78 is 39.0. The van der Waals surface area contributed by atoms with Crippen LogP contribution in [-0.2, 0) is 6.73 Å². The maximum absolute atomic E-state index is 13.6. The highest BCUT2D eigenvalue weighted by Crippen LogP contribution is 2.23. The normalized spacial score (nSPS) is 10.8. The fraction of sp³-hybridized carbons (Fsp3) is 0.176. The Morgan fingerprint density at radius 2 is 2.08 bits per heavy atom. The molecule has 3 rings (SSSR count). The molecular weight excluding hydrogens is 412 g/mol. The van der Waals surface area contributed by atoms with Gasteiger partial charge in [-0.05, 0) is 54.0 Å². The average Bonchev–Trinajstić information content (AvgIpc) is 3.13. The summed E-state index contributed by atoms with van der Waals surface area (Å²) in [7, 11) is 0. The number of nitrogens with one attached hydrogen (secondary N) is 1. The van der Waals surface area contributed by atoms with Crippen LogP contribution >= 0.6 is 15.9 Å². The van der Waals surface area contributed by atoms with Crippen molar-refractivity contribution in [3.63, 3.8) is 0 Å². The van der Waals surface area contributed by atoms with Crippen molar-refractivity contribution in [2.24, 2.45) is 0 Å². The number of amides is 1. The molecule has 9 heteroatoms. The Morgan fingerprint density at radius 3 is 2.73 bits per heavy atom. The third-order valence-electron chi connectivity index (χ3n) is 3.65. The first-order valence-corrected chi connectivity index (χ1v) is 8.33. The lowest BCUT2D eigenvalue weighted by Crippen LogP contribution is -2.13. The highest BCUT2D eigenvalue weighted by atomic mass is 79.9. The number of nitrogens with zero attached hydrogens (tertiary/aromatic N) is 2. The molecule has 0 saturated heterocycles. The molecule has 0 spiro atoms. The van der Waals surface area contributed by atoms with E-state index in [0.29, 0.717) is 21.7 Å². The van der Waals surface area contributed by atoms with Gasteiger partial charge in [-0.3, -0.25) is 4.79 Å². The van der Waals surface area contributed by atoms with Gasteiger partial charge in [0, 0.05) is 6.07 Å². The van der Waals surface area contributed by atoms with Gasteiger partial charge in [0.2, 0.25) is 0 Å². The van der Waals surface area contributed by atoms with Crippen LogP contribution in [-0.4, -0.2) is 15.7 Å². The van der Waals surface area contributed by atoms with Crippen molar-refractivity contribution in [3.05, 3.63) is 63.8 Å². The maximum Gasteiger partial charge on any atom is 0.291 e. The van der Waals surface area contributed by atoms with Crippen molar-refractivity contribution in [1.82, 2.24) is 9.78 Å². The molecular formula is C17H14BrF2N3O3. The Hall–Kier alpha value is -2.68. The summed E-state index contributed by atoms with van der Waals surface area (Å²) >= 11 is 3.14. The summed E-state index contributed by atoms with van der Waals surface area (Å²) in [5.74, 6) is -1.86. The third-order valence-corrected chi connectivity index (χ3v) is 4.08. The van der Waals surface area contributed by atoms with Gasteiger partial charge in [0.15, 0.2) is 28.7 Å². The quantitative estimate of drug-likeness (QED) is 0.656. The second kappa shape index (κ2) is 7.28. The molecule has 26 heavy (non-hydrogen) atoms. The highest BCUT2D eigenvalue weighted by molar-refractivity contribution is 9.10. The van der Waals surface area contributed by atoms with Crippen LogP contribution in [0.15, 0.2) is 39.4 Å². The first-order valence-electron chi connectivity index (χ1n) is 7.53. The Labute approximate surface area is 155 Å². The Bertz CT molecular complexity index is 968. The number of hydrogen-bond acceptors (Lipinski definition) is 4. The lowest BCUT2D eigenvalue weighted by molar-refractivity contribution is 0.0995. The lowest BCUT2D eigenvalue weighted by Gasteiger charge is -2.09. The van der Waals surface area contributed by atoms with Crippen molar-refractivity contribution in [3.8, 4) is 5.75 Å². The minimum absolute atomic E-state index is 0.0926. The molecule has 0 unspecified atom stereocenters. The van der Waals surface area contributed by atoms with Gasteiger partial charge in [-0.25, -0.2) is 13.5 Å². The van der Waals surface area contributed by atoms with Crippen LogP contribution in [0.3, 0.4) is 0 Å². The molecule has 0 saturated carbocycles. The second-order valence-corrected chi connectivity index (χ2v) is 6.23. The predicted molar refractivity (Wildman–Crippen MR) is 93.0 cm³/mol. The summed E-state index contributed by atoms with van der Waals surface area (Å²) in [6, 6.07) is 6.20. The summed E-state index contributed by atoms with van der Waals surface area (Å²) in [6.07, 6.45) is 0. The number of anilines is 1. The number of aryl methyl sites for hydroxylation is 1. The van der Waals surface area contributed by atoms with Gasteiger partial charge in [-0.1, -0.05) is 0 Å². The molecule has 1 N–H and O–H groups in total. The Balaban J connectivity index is 1.74. The van der Waals surface area contributed by atoms with E-state index in [1.165, 1.54) is 16.8 Å². The zero-order valence-electron chi connectivity index (χ0n) is 13.8. The summed E-state index contributed by atoms with van der Waals surface area (Å²) in [6.45, 7) is 3.35. The minimum atomic E-state index is -0.802. The van der Waals surface area contributed by atoms with Crippen molar-refractivity contribution < 1.29 is 22.7 Å². The van der Waals surface area contributed by atoms with Gasteiger partial charge in [0.05, 0.1) is 17.1 Å².